The molecule has 1 fully saturated rings. The number of carbonyl (C=O) groups is 2. The van der Waals surface area contributed by atoms with Crippen molar-refractivity contribution < 1.29 is 9.59 Å². The topological polar surface area (TPSA) is 56.8 Å². The first-order chi connectivity index (χ1) is 16.3. The summed E-state index contributed by atoms with van der Waals surface area (Å²) in [6.07, 6.45) is 5.21. The number of amides is 2. The van der Waals surface area contributed by atoms with E-state index in [1.54, 1.807) is 0 Å². The molecule has 2 aromatic rings. The molecular formula is C28H38N4O2. The first-order valence-corrected chi connectivity index (χ1v) is 12.6. The first kappa shape index (κ1) is 24.2. The van der Waals surface area contributed by atoms with Crippen LogP contribution in [0.2, 0.25) is 0 Å². The highest BCUT2D eigenvalue weighted by Crippen LogP contribution is 2.36. The van der Waals surface area contributed by atoms with Crippen LogP contribution in [0, 0.1) is 13.8 Å². The predicted molar refractivity (Wildman–Crippen MR) is 136 cm³/mol. The number of piperidine rings is 1. The number of anilines is 1. The minimum atomic E-state index is 0.0719. The number of carbonyl (C=O) groups excluding carboxylic acids is 2. The maximum atomic E-state index is 13.4. The summed E-state index contributed by atoms with van der Waals surface area (Å²) in [6.45, 7) is 7.97. The van der Waals surface area contributed by atoms with Crippen molar-refractivity contribution in [3.63, 3.8) is 0 Å². The number of aryl methyl sites for hydroxylation is 3. The second kappa shape index (κ2) is 10.2. The molecule has 6 heteroatoms. The number of fused-ring (bicyclic) bond motifs is 1. The fraction of sp³-hybridized carbons (Fsp3) is 0.536. The van der Waals surface area contributed by atoms with Gasteiger partial charge in [0.25, 0.3) is 5.91 Å². The van der Waals surface area contributed by atoms with E-state index in [-0.39, 0.29) is 23.9 Å². The molecule has 0 N–H and O–H groups in total. The van der Waals surface area contributed by atoms with Crippen LogP contribution in [0.1, 0.15) is 77.9 Å². The molecule has 4 rings (SSSR count). The second-order valence-corrected chi connectivity index (χ2v) is 9.97. The summed E-state index contributed by atoms with van der Waals surface area (Å²) in [5, 5.41) is 0. The van der Waals surface area contributed by atoms with Crippen molar-refractivity contribution in [1.29, 1.82) is 0 Å². The lowest BCUT2D eigenvalue weighted by atomic mass is 9.99. The summed E-state index contributed by atoms with van der Waals surface area (Å²) in [7, 11) is 3.84. The van der Waals surface area contributed by atoms with Gasteiger partial charge in [-0.05, 0) is 81.3 Å². The molecule has 2 aliphatic rings. The quantitative estimate of drug-likeness (QED) is 0.625. The Hall–Kier alpha value is -2.89. The van der Waals surface area contributed by atoms with Gasteiger partial charge in [0.15, 0.2) is 0 Å². The van der Waals surface area contributed by atoms with Crippen LogP contribution < -0.4 is 4.90 Å². The van der Waals surface area contributed by atoms with Crippen molar-refractivity contribution in [3.8, 4) is 0 Å². The third-order valence-corrected chi connectivity index (χ3v) is 7.53. The molecule has 1 aromatic heterocycles. The average molecular weight is 463 g/mol. The Labute approximate surface area is 204 Å². The van der Waals surface area contributed by atoms with Gasteiger partial charge >= 0.3 is 0 Å². The lowest BCUT2D eigenvalue weighted by Crippen LogP contribution is -2.45. The third kappa shape index (κ3) is 4.96. The zero-order chi connectivity index (χ0) is 24.4. The summed E-state index contributed by atoms with van der Waals surface area (Å²) >= 11 is 0. The molecule has 1 unspecified atom stereocenters. The van der Waals surface area contributed by atoms with Gasteiger partial charge in [-0.1, -0.05) is 13.0 Å². The number of hydrogen-bond acceptors (Lipinski definition) is 4. The van der Waals surface area contributed by atoms with E-state index in [2.05, 4.69) is 28.1 Å². The molecule has 1 aliphatic heterocycles. The first-order valence-electron chi connectivity index (χ1n) is 12.6. The summed E-state index contributed by atoms with van der Waals surface area (Å²) in [5.41, 5.74) is 6.44. The number of pyridine rings is 1. The highest BCUT2D eigenvalue weighted by atomic mass is 16.2. The number of hydrogen-bond donors (Lipinski definition) is 0. The van der Waals surface area contributed by atoms with Gasteiger partial charge in [0.05, 0.1) is 6.04 Å². The zero-order valence-corrected chi connectivity index (χ0v) is 21.3. The van der Waals surface area contributed by atoms with Crippen molar-refractivity contribution in [2.24, 2.45) is 0 Å². The number of benzene rings is 1. The molecule has 0 spiro atoms. The van der Waals surface area contributed by atoms with Crippen LogP contribution in [0.25, 0.3) is 0 Å². The van der Waals surface area contributed by atoms with Crippen molar-refractivity contribution in [2.75, 3.05) is 32.1 Å². The van der Waals surface area contributed by atoms with Gasteiger partial charge in [0, 0.05) is 62.3 Å². The van der Waals surface area contributed by atoms with Crippen molar-refractivity contribution in [2.45, 2.75) is 71.4 Å². The second-order valence-electron chi connectivity index (χ2n) is 9.97. The lowest BCUT2D eigenvalue weighted by Gasteiger charge is -2.38. The van der Waals surface area contributed by atoms with E-state index < -0.39 is 0 Å². The standard InChI is InChI=1S/C28H38N4O2/c1-6-7-27(33)31(5)26-11-10-21-8-9-22(18-25(21)26)28(34)30(4)23-12-14-32(15-13-23)24-16-19(2)29-20(3)17-24/h8-9,16-18,23,26H,6-7,10-15H2,1-5H3. The Bertz CT molecular complexity index is 1040. The molecular weight excluding hydrogens is 424 g/mol. The Kier molecular flexibility index (Phi) is 7.24. The van der Waals surface area contributed by atoms with E-state index >= 15 is 0 Å². The monoisotopic (exact) mass is 462 g/mol. The van der Waals surface area contributed by atoms with Crippen LogP contribution in [0.4, 0.5) is 5.69 Å². The van der Waals surface area contributed by atoms with Gasteiger partial charge in [-0.15, -0.1) is 0 Å². The number of nitrogens with zero attached hydrogens (tertiary/aromatic N) is 4. The van der Waals surface area contributed by atoms with E-state index in [1.807, 2.05) is 56.8 Å². The maximum Gasteiger partial charge on any atom is 0.253 e. The molecule has 2 heterocycles. The smallest absolute Gasteiger partial charge is 0.253 e. The van der Waals surface area contributed by atoms with Crippen LogP contribution in [0.15, 0.2) is 30.3 Å². The fourth-order valence-electron chi connectivity index (χ4n) is 5.56. The van der Waals surface area contributed by atoms with E-state index in [0.29, 0.717) is 6.42 Å². The SMILES string of the molecule is CCCC(=O)N(C)C1CCc2ccc(C(=O)N(C)C3CCN(c4cc(C)nc(C)c4)CC3)cc21. The van der Waals surface area contributed by atoms with Gasteiger partial charge in [-0.25, -0.2) is 0 Å². The summed E-state index contributed by atoms with van der Waals surface area (Å²) in [5.74, 6) is 0.255. The van der Waals surface area contributed by atoms with E-state index in [1.165, 1.54) is 11.3 Å². The minimum Gasteiger partial charge on any atom is -0.371 e. The highest BCUT2D eigenvalue weighted by molar-refractivity contribution is 5.94. The predicted octanol–water partition coefficient (Wildman–Crippen LogP) is 4.69. The van der Waals surface area contributed by atoms with Crippen LogP contribution >= 0.6 is 0 Å². The zero-order valence-electron chi connectivity index (χ0n) is 21.3. The van der Waals surface area contributed by atoms with Crippen LogP contribution in [-0.2, 0) is 11.2 Å². The summed E-state index contributed by atoms with van der Waals surface area (Å²) in [6, 6.07) is 10.7. The average Bonchev–Trinajstić information content (AvgIpc) is 3.25. The van der Waals surface area contributed by atoms with E-state index in [9.17, 15) is 9.59 Å². The van der Waals surface area contributed by atoms with Crippen LogP contribution in [0.3, 0.4) is 0 Å². The molecule has 0 radical (unpaired) electrons. The molecule has 0 bridgehead atoms. The number of aromatic nitrogens is 1. The summed E-state index contributed by atoms with van der Waals surface area (Å²) < 4.78 is 0. The van der Waals surface area contributed by atoms with Gasteiger partial charge in [0.1, 0.15) is 0 Å². The van der Waals surface area contributed by atoms with E-state index in [0.717, 1.165) is 67.7 Å². The molecule has 1 aromatic carbocycles. The van der Waals surface area contributed by atoms with Gasteiger partial charge in [-0.2, -0.15) is 0 Å². The molecule has 2 amide bonds. The molecule has 1 aliphatic carbocycles. The normalized spacial score (nSPS) is 18.0. The van der Waals surface area contributed by atoms with E-state index in [4.69, 9.17) is 0 Å². The lowest BCUT2D eigenvalue weighted by molar-refractivity contribution is -0.132. The van der Waals surface area contributed by atoms with Crippen LogP contribution in [0.5, 0.6) is 0 Å². The molecule has 1 saturated heterocycles. The summed E-state index contributed by atoms with van der Waals surface area (Å²) in [4.78, 5) is 36.6. The Morgan fingerprint density at radius 1 is 1.00 bits per heavy atom. The molecule has 182 valence electrons. The minimum absolute atomic E-state index is 0.0719. The van der Waals surface area contributed by atoms with Crippen molar-refractivity contribution in [3.05, 3.63) is 58.4 Å². The Balaban J connectivity index is 1.43. The molecule has 34 heavy (non-hydrogen) atoms. The molecule has 0 saturated carbocycles. The van der Waals surface area contributed by atoms with Crippen molar-refractivity contribution >= 4 is 17.5 Å². The maximum absolute atomic E-state index is 13.4. The molecule has 6 nitrogen and oxygen atoms in total. The largest absolute Gasteiger partial charge is 0.371 e. The molecule has 1 atom stereocenters. The fourth-order valence-corrected chi connectivity index (χ4v) is 5.56. The Morgan fingerprint density at radius 3 is 2.32 bits per heavy atom. The number of rotatable bonds is 6. The third-order valence-electron chi connectivity index (χ3n) is 7.53. The van der Waals surface area contributed by atoms with Crippen molar-refractivity contribution in [1.82, 2.24) is 14.8 Å². The van der Waals surface area contributed by atoms with Crippen LogP contribution in [-0.4, -0.2) is 59.8 Å². The van der Waals surface area contributed by atoms with Gasteiger partial charge in [-0.3, -0.25) is 14.6 Å². The Morgan fingerprint density at radius 2 is 1.68 bits per heavy atom. The highest BCUT2D eigenvalue weighted by Gasteiger charge is 2.31. The van der Waals surface area contributed by atoms with Gasteiger partial charge < -0.3 is 14.7 Å². The van der Waals surface area contributed by atoms with Gasteiger partial charge in [0.2, 0.25) is 5.91 Å².